The molecule has 0 heterocycles. The zero-order valence-corrected chi connectivity index (χ0v) is 13.5. The van der Waals surface area contributed by atoms with E-state index in [1.54, 1.807) is 0 Å². The first-order valence-electron chi connectivity index (χ1n) is 7.42. The first kappa shape index (κ1) is 19.6. The van der Waals surface area contributed by atoms with Crippen LogP contribution in [0, 0.1) is 5.41 Å². The maximum atomic E-state index is 11.8. The van der Waals surface area contributed by atoms with Crippen LogP contribution in [0.4, 0.5) is 4.39 Å². The van der Waals surface area contributed by atoms with Crippen LogP contribution in [0.3, 0.4) is 0 Å². The summed E-state index contributed by atoms with van der Waals surface area (Å²) in [7, 11) is 0. The first-order chi connectivity index (χ1) is 9.81. The van der Waals surface area contributed by atoms with Crippen molar-refractivity contribution in [2.75, 3.05) is 13.3 Å². The molecule has 0 fully saturated rings. The number of unbranched alkanes of at least 4 members (excludes halogenated alkanes) is 1. The third-order valence-corrected chi connectivity index (χ3v) is 2.92. The average molecular weight is 302 g/mol. The Balaban J connectivity index is 4.33. The van der Waals surface area contributed by atoms with Crippen molar-refractivity contribution in [3.8, 4) is 0 Å². The van der Waals surface area contributed by atoms with Crippen molar-refractivity contribution in [2.45, 2.75) is 59.5 Å². The summed E-state index contributed by atoms with van der Waals surface area (Å²) in [6.45, 7) is 7.58. The number of rotatable bonds is 9. The maximum Gasteiger partial charge on any atom is 0.331 e. The maximum absolute atomic E-state index is 11.8. The fourth-order valence-electron chi connectivity index (χ4n) is 1.65. The number of esters is 2. The molecule has 0 rings (SSSR count). The second-order valence-electron chi connectivity index (χ2n) is 5.98. The Morgan fingerprint density at radius 1 is 1.14 bits per heavy atom. The quantitative estimate of drug-likeness (QED) is 0.371. The van der Waals surface area contributed by atoms with Crippen molar-refractivity contribution in [1.29, 1.82) is 0 Å². The number of ether oxygens (including phenoxy) is 2. The Morgan fingerprint density at radius 3 is 2.29 bits per heavy atom. The normalized spacial score (nSPS) is 13.2. The van der Waals surface area contributed by atoms with E-state index in [0.717, 1.165) is 31.4 Å². The molecule has 0 aromatic carbocycles. The van der Waals surface area contributed by atoms with Crippen molar-refractivity contribution in [2.24, 2.45) is 5.41 Å². The molecule has 0 amide bonds. The Hall–Kier alpha value is -1.39. The molecule has 5 heteroatoms. The second-order valence-corrected chi connectivity index (χ2v) is 5.98. The second kappa shape index (κ2) is 10.4. The molecule has 0 saturated carbocycles. The summed E-state index contributed by atoms with van der Waals surface area (Å²) in [5.41, 5.74) is -0.152. The topological polar surface area (TPSA) is 52.6 Å². The minimum absolute atomic E-state index is 0.00976. The summed E-state index contributed by atoms with van der Waals surface area (Å²) in [5.74, 6) is -1.23. The van der Waals surface area contributed by atoms with Gasteiger partial charge in [0.1, 0.15) is 6.10 Å². The fraction of sp³-hybridized carbons (Fsp3) is 0.750. The van der Waals surface area contributed by atoms with E-state index in [0.29, 0.717) is 0 Å². The summed E-state index contributed by atoms with van der Waals surface area (Å²) in [6, 6.07) is 0. The van der Waals surface area contributed by atoms with Gasteiger partial charge in [-0.15, -0.1) is 0 Å². The summed E-state index contributed by atoms with van der Waals surface area (Å²) in [5, 5.41) is 0. The van der Waals surface area contributed by atoms with Gasteiger partial charge in [-0.2, -0.15) is 0 Å². The van der Waals surface area contributed by atoms with E-state index < -0.39 is 18.6 Å². The number of alkyl halides is 1. The van der Waals surface area contributed by atoms with Crippen molar-refractivity contribution in [3.63, 3.8) is 0 Å². The summed E-state index contributed by atoms with van der Waals surface area (Å²) >= 11 is 0. The molecule has 1 unspecified atom stereocenters. The van der Waals surface area contributed by atoms with Crippen LogP contribution < -0.4 is 0 Å². The van der Waals surface area contributed by atoms with Crippen LogP contribution in [0.2, 0.25) is 0 Å². The van der Waals surface area contributed by atoms with Crippen LogP contribution in [0.25, 0.3) is 0 Å². The molecule has 0 aliphatic carbocycles. The standard InChI is InChI=1S/C16H27FO4/c1-5-6-8-13(16(2,3)4)21-15(19)10-9-14(18)20-12-7-11-17/h9-10,13H,5-8,11-12H2,1-4H3/b10-9+. The number of carbonyl (C=O) groups is 2. The van der Waals surface area contributed by atoms with Gasteiger partial charge >= 0.3 is 11.9 Å². The summed E-state index contributed by atoms with van der Waals surface area (Å²) < 4.78 is 21.9. The molecule has 0 bridgehead atoms. The largest absolute Gasteiger partial charge is 0.462 e. The minimum Gasteiger partial charge on any atom is -0.462 e. The highest BCUT2D eigenvalue weighted by atomic mass is 19.1. The van der Waals surface area contributed by atoms with Crippen LogP contribution in [-0.2, 0) is 19.1 Å². The average Bonchev–Trinajstić information content (AvgIpc) is 2.40. The molecular formula is C16H27FO4. The molecule has 21 heavy (non-hydrogen) atoms. The van der Waals surface area contributed by atoms with Gasteiger partial charge in [0.25, 0.3) is 0 Å². The highest BCUT2D eigenvalue weighted by molar-refractivity contribution is 5.91. The molecule has 0 aliphatic heterocycles. The van der Waals surface area contributed by atoms with Crippen molar-refractivity contribution >= 4 is 11.9 Å². The van der Waals surface area contributed by atoms with Crippen molar-refractivity contribution in [1.82, 2.24) is 0 Å². The Morgan fingerprint density at radius 2 is 1.76 bits per heavy atom. The van der Waals surface area contributed by atoms with Crippen LogP contribution in [0.1, 0.15) is 53.4 Å². The fourth-order valence-corrected chi connectivity index (χ4v) is 1.65. The van der Waals surface area contributed by atoms with Crippen molar-refractivity contribution in [3.05, 3.63) is 12.2 Å². The Labute approximate surface area is 126 Å². The van der Waals surface area contributed by atoms with E-state index in [1.807, 2.05) is 20.8 Å². The van der Waals surface area contributed by atoms with Crippen LogP contribution >= 0.6 is 0 Å². The summed E-state index contributed by atoms with van der Waals surface area (Å²) in [4.78, 5) is 23.0. The monoisotopic (exact) mass is 302 g/mol. The van der Waals surface area contributed by atoms with Crippen LogP contribution in [-0.4, -0.2) is 31.3 Å². The van der Waals surface area contributed by atoms with E-state index >= 15 is 0 Å². The predicted molar refractivity (Wildman–Crippen MR) is 79.6 cm³/mol. The lowest BCUT2D eigenvalue weighted by Crippen LogP contribution is -2.31. The van der Waals surface area contributed by atoms with E-state index in [9.17, 15) is 14.0 Å². The molecule has 0 aliphatic rings. The number of hydrogen-bond donors (Lipinski definition) is 0. The molecule has 0 aromatic rings. The highest BCUT2D eigenvalue weighted by Gasteiger charge is 2.27. The molecule has 0 saturated heterocycles. The van der Waals surface area contributed by atoms with E-state index in [4.69, 9.17) is 9.47 Å². The number of carbonyl (C=O) groups excluding carboxylic acids is 2. The number of hydrogen-bond acceptors (Lipinski definition) is 4. The minimum atomic E-state index is -0.665. The molecule has 4 nitrogen and oxygen atoms in total. The van der Waals surface area contributed by atoms with E-state index in [2.05, 4.69) is 6.92 Å². The van der Waals surface area contributed by atoms with Crippen LogP contribution in [0.15, 0.2) is 12.2 Å². The van der Waals surface area contributed by atoms with Gasteiger partial charge in [-0.25, -0.2) is 9.59 Å². The molecule has 0 N–H and O–H groups in total. The van der Waals surface area contributed by atoms with Gasteiger partial charge in [0, 0.05) is 18.6 Å². The third kappa shape index (κ3) is 10.0. The smallest absolute Gasteiger partial charge is 0.331 e. The van der Waals surface area contributed by atoms with Gasteiger partial charge in [0.15, 0.2) is 0 Å². The van der Waals surface area contributed by atoms with Crippen LogP contribution in [0.5, 0.6) is 0 Å². The van der Waals surface area contributed by atoms with Crippen molar-refractivity contribution < 1.29 is 23.5 Å². The Bertz CT molecular complexity index is 345. The van der Waals surface area contributed by atoms with E-state index in [-0.39, 0.29) is 24.5 Å². The van der Waals surface area contributed by atoms with Gasteiger partial charge in [-0.3, -0.25) is 4.39 Å². The third-order valence-electron chi connectivity index (χ3n) is 2.92. The molecule has 122 valence electrons. The molecule has 0 aromatic heterocycles. The first-order valence-corrected chi connectivity index (χ1v) is 7.42. The Kier molecular flexibility index (Phi) is 9.67. The SMILES string of the molecule is CCCCC(OC(=O)/C=C/C(=O)OCCCF)C(C)(C)C. The van der Waals surface area contributed by atoms with Gasteiger partial charge < -0.3 is 9.47 Å². The number of halogens is 1. The highest BCUT2D eigenvalue weighted by Crippen LogP contribution is 2.26. The van der Waals surface area contributed by atoms with E-state index in [1.165, 1.54) is 0 Å². The zero-order chi connectivity index (χ0) is 16.3. The van der Waals surface area contributed by atoms with Gasteiger partial charge in [-0.05, 0) is 11.8 Å². The lowest BCUT2D eigenvalue weighted by atomic mass is 9.86. The molecule has 0 radical (unpaired) electrons. The molecular weight excluding hydrogens is 275 g/mol. The molecule has 1 atom stereocenters. The lowest BCUT2D eigenvalue weighted by Gasteiger charge is -2.29. The lowest BCUT2D eigenvalue weighted by molar-refractivity contribution is -0.149. The van der Waals surface area contributed by atoms with Gasteiger partial charge in [-0.1, -0.05) is 40.5 Å². The van der Waals surface area contributed by atoms with Gasteiger partial charge in [0.05, 0.1) is 13.3 Å². The summed E-state index contributed by atoms with van der Waals surface area (Å²) in [6.07, 6.45) is 4.83. The molecule has 0 spiro atoms. The zero-order valence-electron chi connectivity index (χ0n) is 13.5. The predicted octanol–water partition coefficient (Wildman–Crippen LogP) is 3.59. The van der Waals surface area contributed by atoms with Gasteiger partial charge in [0.2, 0.25) is 0 Å².